The average Bonchev–Trinajstić information content (AvgIpc) is 2.16. The fourth-order valence-electron chi connectivity index (χ4n) is 1.13. The molecule has 72 valence electrons. The van der Waals surface area contributed by atoms with Gasteiger partial charge in [-0.25, -0.2) is 0 Å². The lowest BCUT2D eigenvalue weighted by Crippen LogP contribution is -2.00. The van der Waals surface area contributed by atoms with Gasteiger partial charge < -0.3 is 10.1 Å². The molecule has 2 nitrogen and oxygen atoms in total. The third-order valence-corrected chi connectivity index (χ3v) is 1.72. The highest BCUT2D eigenvalue weighted by Gasteiger charge is 1.93. The Hall–Kier alpha value is -1.18. The molecule has 1 rings (SSSR count). The quantitative estimate of drug-likeness (QED) is 0.750. The number of ether oxygens (including phenoxy) is 1. The van der Waals surface area contributed by atoms with Crippen LogP contribution in [-0.4, -0.2) is 13.2 Å². The molecule has 0 aliphatic carbocycles. The van der Waals surface area contributed by atoms with Crippen LogP contribution in [0.4, 0.5) is 5.69 Å². The van der Waals surface area contributed by atoms with Crippen molar-refractivity contribution in [2.75, 3.05) is 18.5 Å². The van der Waals surface area contributed by atoms with E-state index < -0.39 is 0 Å². The van der Waals surface area contributed by atoms with Gasteiger partial charge in [-0.3, -0.25) is 0 Å². The molecule has 2 heteroatoms. The number of hydrogen-bond acceptors (Lipinski definition) is 2. The van der Waals surface area contributed by atoms with E-state index in [-0.39, 0.29) is 0 Å². The highest BCUT2D eigenvalue weighted by Crippen LogP contribution is 2.16. The van der Waals surface area contributed by atoms with Gasteiger partial charge >= 0.3 is 0 Å². The van der Waals surface area contributed by atoms with Gasteiger partial charge in [0.15, 0.2) is 0 Å². The van der Waals surface area contributed by atoms with Crippen molar-refractivity contribution in [2.24, 2.45) is 0 Å². The van der Waals surface area contributed by atoms with E-state index >= 15 is 0 Å². The van der Waals surface area contributed by atoms with E-state index in [2.05, 4.69) is 18.3 Å². The second-order valence-corrected chi connectivity index (χ2v) is 2.89. The molecule has 0 unspecified atom stereocenters. The van der Waals surface area contributed by atoms with Crippen LogP contribution < -0.4 is 10.1 Å². The van der Waals surface area contributed by atoms with E-state index in [1.165, 1.54) is 0 Å². The third-order valence-electron chi connectivity index (χ3n) is 1.72. The van der Waals surface area contributed by atoms with E-state index in [9.17, 15) is 0 Å². The van der Waals surface area contributed by atoms with Gasteiger partial charge in [-0.1, -0.05) is 13.0 Å². The molecule has 0 amide bonds. The van der Waals surface area contributed by atoms with Crippen LogP contribution in [0.25, 0.3) is 0 Å². The standard InChI is InChI=1S/C11H17NO/c1-3-8-12-10-6-5-7-11(9-10)13-4-2/h5-7,9,12H,3-4,8H2,1-2H3. The van der Waals surface area contributed by atoms with Gasteiger partial charge in [0.1, 0.15) is 5.75 Å². The van der Waals surface area contributed by atoms with Crippen LogP contribution in [0.2, 0.25) is 0 Å². The lowest BCUT2D eigenvalue weighted by atomic mass is 10.3. The van der Waals surface area contributed by atoms with Crippen molar-refractivity contribution in [2.45, 2.75) is 20.3 Å². The summed E-state index contributed by atoms with van der Waals surface area (Å²) in [4.78, 5) is 0. The molecule has 0 atom stereocenters. The van der Waals surface area contributed by atoms with Crippen LogP contribution >= 0.6 is 0 Å². The zero-order valence-corrected chi connectivity index (χ0v) is 8.34. The van der Waals surface area contributed by atoms with Crippen molar-refractivity contribution >= 4 is 5.69 Å². The average molecular weight is 179 g/mol. The molecule has 1 N–H and O–H groups in total. The van der Waals surface area contributed by atoms with E-state index in [1.807, 2.05) is 25.1 Å². The van der Waals surface area contributed by atoms with Gasteiger partial charge in [-0.05, 0) is 25.5 Å². The lowest BCUT2D eigenvalue weighted by molar-refractivity contribution is 0.340. The predicted octanol–water partition coefficient (Wildman–Crippen LogP) is 2.91. The van der Waals surface area contributed by atoms with E-state index in [0.29, 0.717) is 0 Å². The first kappa shape index (κ1) is 9.90. The zero-order valence-electron chi connectivity index (χ0n) is 8.34. The molecule has 1 aromatic rings. The summed E-state index contributed by atoms with van der Waals surface area (Å²) in [5, 5.41) is 3.31. The van der Waals surface area contributed by atoms with Crippen LogP contribution in [0.15, 0.2) is 24.3 Å². The topological polar surface area (TPSA) is 21.3 Å². The number of rotatable bonds is 5. The first-order valence-electron chi connectivity index (χ1n) is 4.83. The summed E-state index contributed by atoms with van der Waals surface area (Å²) in [7, 11) is 0. The second kappa shape index (κ2) is 5.46. The second-order valence-electron chi connectivity index (χ2n) is 2.89. The molecular weight excluding hydrogens is 162 g/mol. The normalized spacial score (nSPS) is 9.69. The summed E-state index contributed by atoms with van der Waals surface area (Å²) in [6.45, 7) is 5.87. The van der Waals surface area contributed by atoms with Gasteiger partial charge in [0.05, 0.1) is 6.61 Å². The summed E-state index contributed by atoms with van der Waals surface area (Å²) in [5.74, 6) is 0.934. The Labute approximate surface area is 79.9 Å². The highest BCUT2D eigenvalue weighted by molar-refractivity contribution is 5.47. The summed E-state index contributed by atoms with van der Waals surface area (Å²) < 4.78 is 5.39. The van der Waals surface area contributed by atoms with E-state index in [0.717, 1.165) is 31.0 Å². The third kappa shape index (κ3) is 3.36. The molecule has 0 bridgehead atoms. The first-order chi connectivity index (χ1) is 6.36. The molecule has 0 radical (unpaired) electrons. The molecule has 0 heterocycles. The van der Waals surface area contributed by atoms with E-state index in [1.54, 1.807) is 0 Å². The van der Waals surface area contributed by atoms with Crippen molar-refractivity contribution in [3.05, 3.63) is 24.3 Å². The number of hydrogen-bond donors (Lipinski definition) is 1. The Bertz CT molecular complexity index is 248. The molecule has 1 aromatic carbocycles. The summed E-state index contributed by atoms with van der Waals surface area (Å²) in [6.07, 6.45) is 1.14. The maximum atomic E-state index is 5.39. The molecule has 0 fully saturated rings. The molecule has 0 aromatic heterocycles. The summed E-state index contributed by atoms with van der Waals surface area (Å²) >= 11 is 0. The van der Waals surface area contributed by atoms with Gasteiger partial charge in [-0.15, -0.1) is 0 Å². The molecule has 0 spiro atoms. The van der Waals surface area contributed by atoms with Gasteiger partial charge in [0.2, 0.25) is 0 Å². The molecule has 0 aliphatic heterocycles. The van der Waals surface area contributed by atoms with Crippen molar-refractivity contribution in [1.29, 1.82) is 0 Å². The van der Waals surface area contributed by atoms with Crippen LogP contribution in [-0.2, 0) is 0 Å². The molecule has 0 aliphatic rings. The van der Waals surface area contributed by atoms with Crippen molar-refractivity contribution in [1.82, 2.24) is 0 Å². The fraction of sp³-hybridized carbons (Fsp3) is 0.455. The Morgan fingerprint density at radius 1 is 1.31 bits per heavy atom. The van der Waals surface area contributed by atoms with Crippen LogP contribution in [0.3, 0.4) is 0 Å². The Kier molecular flexibility index (Phi) is 4.16. The minimum Gasteiger partial charge on any atom is -0.494 e. The van der Waals surface area contributed by atoms with Gasteiger partial charge in [0, 0.05) is 18.3 Å². The highest BCUT2D eigenvalue weighted by atomic mass is 16.5. The van der Waals surface area contributed by atoms with Gasteiger partial charge in [-0.2, -0.15) is 0 Å². The van der Waals surface area contributed by atoms with Crippen LogP contribution in [0.5, 0.6) is 5.75 Å². The maximum absolute atomic E-state index is 5.39. The largest absolute Gasteiger partial charge is 0.494 e. The lowest BCUT2D eigenvalue weighted by Gasteiger charge is -2.07. The molecule has 0 saturated carbocycles. The van der Waals surface area contributed by atoms with Crippen LogP contribution in [0, 0.1) is 0 Å². The Morgan fingerprint density at radius 3 is 2.85 bits per heavy atom. The minimum atomic E-state index is 0.719. The molecule has 0 saturated heterocycles. The predicted molar refractivity (Wildman–Crippen MR) is 56.4 cm³/mol. The SMILES string of the molecule is CCCNc1cccc(OCC)c1. The summed E-state index contributed by atoms with van der Waals surface area (Å²) in [5.41, 5.74) is 1.13. The zero-order chi connectivity index (χ0) is 9.52. The van der Waals surface area contributed by atoms with Crippen molar-refractivity contribution in [3.8, 4) is 5.75 Å². The van der Waals surface area contributed by atoms with Crippen molar-refractivity contribution < 1.29 is 4.74 Å². The minimum absolute atomic E-state index is 0.719. The Balaban J connectivity index is 2.56. The molecular formula is C11H17NO. The van der Waals surface area contributed by atoms with Crippen LogP contribution in [0.1, 0.15) is 20.3 Å². The Morgan fingerprint density at radius 2 is 2.15 bits per heavy atom. The number of nitrogens with one attached hydrogen (secondary N) is 1. The maximum Gasteiger partial charge on any atom is 0.121 e. The van der Waals surface area contributed by atoms with Crippen molar-refractivity contribution in [3.63, 3.8) is 0 Å². The summed E-state index contributed by atoms with van der Waals surface area (Å²) in [6, 6.07) is 8.06. The number of benzene rings is 1. The van der Waals surface area contributed by atoms with E-state index in [4.69, 9.17) is 4.74 Å². The fourth-order valence-corrected chi connectivity index (χ4v) is 1.13. The monoisotopic (exact) mass is 179 g/mol. The molecule has 13 heavy (non-hydrogen) atoms. The first-order valence-corrected chi connectivity index (χ1v) is 4.83. The smallest absolute Gasteiger partial charge is 0.121 e. The number of anilines is 1. The van der Waals surface area contributed by atoms with Gasteiger partial charge in [0.25, 0.3) is 0 Å².